The first-order chi connectivity index (χ1) is 12.8. The minimum Gasteiger partial charge on any atom is -0.460 e. The maximum atomic E-state index is 12.0. The predicted octanol–water partition coefficient (Wildman–Crippen LogP) is 2.48. The molecule has 150 valence electrons. The molecule has 7 nitrogen and oxygen atoms in total. The molecule has 27 heavy (non-hydrogen) atoms. The minimum absolute atomic E-state index is 0.217. The van der Waals surface area contributed by atoms with Crippen LogP contribution in [-0.2, 0) is 33.3 Å². The van der Waals surface area contributed by atoms with E-state index in [-0.39, 0.29) is 12.5 Å². The van der Waals surface area contributed by atoms with Gasteiger partial charge in [-0.25, -0.2) is 9.59 Å². The third-order valence-electron chi connectivity index (χ3n) is 3.61. The van der Waals surface area contributed by atoms with Gasteiger partial charge in [-0.05, 0) is 38.8 Å². The van der Waals surface area contributed by atoms with Crippen LogP contribution >= 0.6 is 11.6 Å². The Morgan fingerprint density at radius 2 is 1.89 bits per heavy atom. The number of carbonyl (C=O) groups is 3. The normalized spacial score (nSPS) is 29.6. The van der Waals surface area contributed by atoms with Crippen LogP contribution in [0.15, 0.2) is 37.0 Å². The topological polar surface area (TPSA) is 88.1 Å². The highest BCUT2D eigenvalue weighted by atomic mass is 35.5. The number of carbonyl (C=O) groups excluding carboxylic acids is 3. The van der Waals surface area contributed by atoms with E-state index in [1.807, 2.05) is 0 Å². The Morgan fingerprint density at radius 1 is 1.22 bits per heavy atom. The van der Waals surface area contributed by atoms with Crippen molar-refractivity contribution in [2.45, 2.75) is 51.1 Å². The molecule has 0 aromatic rings. The van der Waals surface area contributed by atoms with Crippen molar-refractivity contribution >= 4 is 29.5 Å². The van der Waals surface area contributed by atoms with Crippen LogP contribution in [0.1, 0.15) is 26.7 Å². The van der Waals surface area contributed by atoms with Gasteiger partial charge >= 0.3 is 17.9 Å². The van der Waals surface area contributed by atoms with Gasteiger partial charge in [0.25, 0.3) is 0 Å². The highest BCUT2D eigenvalue weighted by molar-refractivity contribution is 6.26. The number of ether oxygens (including phenoxy) is 4. The molecule has 0 spiro atoms. The lowest BCUT2D eigenvalue weighted by Crippen LogP contribution is -2.30. The molecule has 0 unspecified atom stereocenters. The molecule has 1 aliphatic rings. The van der Waals surface area contributed by atoms with Gasteiger partial charge in [0.05, 0.1) is 12.7 Å². The van der Waals surface area contributed by atoms with Crippen molar-refractivity contribution < 1.29 is 33.3 Å². The second-order valence-electron chi connectivity index (χ2n) is 5.93. The molecule has 0 saturated carbocycles. The summed E-state index contributed by atoms with van der Waals surface area (Å²) >= 11 is 5.46. The van der Waals surface area contributed by atoms with Crippen molar-refractivity contribution in [1.82, 2.24) is 0 Å². The Bertz CT molecular complexity index is 585. The van der Waals surface area contributed by atoms with Crippen molar-refractivity contribution in [1.29, 1.82) is 0 Å². The number of rotatable bonds is 5. The van der Waals surface area contributed by atoms with E-state index in [0.717, 1.165) is 0 Å². The lowest BCUT2D eigenvalue weighted by Gasteiger charge is -2.21. The molecule has 0 aromatic heterocycles. The maximum Gasteiger partial charge on any atom is 0.330 e. The third kappa shape index (κ3) is 9.40. The first kappa shape index (κ1) is 22.9. The number of hydrogen-bond donors (Lipinski definition) is 0. The fourth-order valence-corrected chi connectivity index (χ4v) is 2.33. The highest BCUT2D eigenvalue weighted by Crippen LogP contribution is 2.13. The summed E-state index contributed by atoms with van der Waals surface area (Å²) in [4.78, 5) is 35.4. The summed E-state index contributed by atoms with van der Waals surface area (Å²) in [6.45, 7) is 7.14. The second-order valence-corrected chi connectivity index (χ2v) is 6.20. The zero-order valence-electron chi connectivity index (χ0n) is 15.5. The maximum absolute atomic E-state index is 12.0. The van der Waals surface area contributed by atoms with Crippen LogP contribution in [0.4, 0.5) is 0 Å². The molecule has 0 aliphatic carbocycles. The van der Waals surface area contributed by atoms with Crippen LogP contribution in [0.3, 0.4) is 0 Å². The van der Waals surface area contributed by atoms with Gasteiger partial charge in [-0.2, -0.15) is 0 Å². The fraction of sp³-hybridized carbons (Fsp3) is 0.526. The molecule has 0 amide bonds. The van der Waals surface area contributed by atoms with Crippen LogP contribution in [0.25, 0.3) is 0 Å². The van der Waals surface area contributed by atoms with Crippen LogP contribution in [-0.4, -0.2) is 54.8 Å². The van der Waals surface area contributed by atoms with Gasteiger partial charge in [0.1, 0.15) is 24.2 Å². The number of alkyl halides is 1. The van der Waals surface area contributed by atoms with Gasteiger partial charge in [0.15, 0.2) is 0 Å². The van der Waals surface area contributed by atoms with E-state index < -0.39 is 42.3 Å². The van der Waals surface area contributed by atoms with E-state index in [1.165, 1.54) is 24.3 Å². The summed E-state index contributed by atoms with van der Waals surface area (Å²) in [6.07, 6.45) is 5.24. The van der Waals surface area contributed by atoms with Crippen molar-refractivity contribution in [3.8, 4) is 0 Å². The molecular weight excluding hydrogens is 376 g/mol. The molecule has 0 fully saturated rings. The van der Waals surface area contributed by atoms with Crippen LogP contribution < -0.4 is 0 Å². The average Bonchev–Trinajstić information content (AvgIpc) is 2.62. The Morgan fingerprint density at radius 3 is 2.56 bits per heavy atom. The highest BCUT2D eigenvalue weighted by Gasteiger charge is 2.21. The molecule has 1 rings (SSSR count). The van der Waals surface area contributed by atoms with Crippen molar-refractivity contribution in [3.05, 3.63) is 37.0 Å². The lowest BCUT2D eigenvalue weighted by molar-refractivity contribution is -0.149. The molecule has 1 heterocycles. The first-order valence-corrected chi connectivity index (χ1v) is 9.14. The van der Waals surface area contributed by atoms with Gasteiger partial charge in [-0.15, -0.1) is 18.2 Å². The van der Waals surface area contributed by atoms with E-state index in [1.54, 1.807) is 19.9 Å². The molecule has 0 saturated heterocycles. The number of halogens is 1. The Balaban J connectivity index is 2.97. The van der Waals surface area contributed by atoms with Gasteiger partial charge in [0.2, 0.25) is 0 Å². The molecule has 1 aliphatic heterocycles. The Hall–Kier alpha value is -2.12. The SMILES string of the molecule is C=CCO[C@H]1/C=C/C(=O)O[C@H](C)CC[C@@H](OC(=O)CCl)/C=C/C(=O)O[C@@H]1C. The largest absolute Gasteiger partial charge is 0.460 e. The van der Waals surface area contributed by atoms with Gasteiger partial charge in [-0.1, -0.05) is 6.08 Å². The summed E-state index contributed by atoms with van der Waals surface area (Å²) in [5.74, 6) is -2.08. The molecular formula is C19H25ClO7. The molecule has 0 aromatic carbocycles. The smallest absolute Gasteiger partial charge is 0.330 e. The number of esters is 3. The fourth-order valence-electron chi connectivity index (χ4n) is 2.27. The van der Waals surface area contributed by atoms with E-state index in [9.17, 15) is 14.4 Å². The van der Waals surface area contributed by atoms with E-state index >= 15 is 0 Å². The number of cyclic esters (lactones) is 2. The second kappa shape index (κ2) is 12.3. The molecule has 4 atom stereocenters. The summed E-state index contributed by atoms with van der Waals surface area (Å²) < 4.78 is 21.3. The molecule has 8 heteroatoms. The van der Waals surface area contributed by atoms with Gasteiger partial charge < -0.3 is 18.9 Å². The predicted molar refractivity (Wildman–Crippen MR) is 99.2 cm³/mol. The van der Waals surface area contributed by atoms with Gasteiger partial charge in [-0.3, -0.25) is 4.79 Å². The summed E-state index contributed by atoms with van der Waals surface area (Å²) in [5, 5.41) is 0. The quantitative estimate of drug-likeness (QED) is 0.303. The standard InChI is InChI=1S/C19H25ClO7/c1-4-11-24-16-8-10-17(21)25-13(2)5-6-15(27-19(23)12-20)7-9-18(22)26-14(16)3/h4,7-10,13-16H,1,5-6,11-12H2,2-3H3/b9-7+,10-8+/t13-,14-,15-,16+/m1/s1. The van der Waals surface area contributed by atoms with Crippen LogP contribution in [0.2, 0.25) is 0 Å². The monoisotopic (exact) mass is 400 g/mol. The number of hydrogen-bond acceptors (Lipinski definition) is 7. The van der Waals surface area contributed by atoms with E-state index in [2.05, 4.69) is 6.58 Å². The first-order valence-electron chi connectivity index (χ1n) is 8.61. The summed E-state index contributed by atoms with van der Waals surface area (Å²) in [6, 6.07) is 0. The van der Waals surface area contributed by atoms with Crippen molar-refractivity contribution in [2.24, 2.45) is 0 Å². The molecule has 0 bridgehead atoms. The molecule has 0 N–H and O–H groups in total. The summed E-state index contributed by atoms with van der Waals surface area (Å²) in [7, 11) is 0. The third-order valence-corrected chi connectivity index (χ3v) is 3.83. The average molecular weight is 401 g/mol. The van der Waals surface area contributed by atoms with Crippen molar-refractivity contribution in [3.63, 3.8) is 0 Å². The van der Waals surface area contributed by atoms with Gasteiger partial charge in [0, 0.05) is 12.2 Å². The molecule has 0 radical (unpaired) electrons. The van der Waals surface area contributed by atoms with Crippen LogP contribution in [0, 0.1) is 0 Å². The van der Waals surface area contributed by atoms with Crippen molar-refractivity contribution in [2.75, 3.05) is 12.5 Å². The Labute approximate surface area is 163 Å². The van der Waals surface area contributed by atoms with Crippen LogP contribution in [0.5, 0.6) is 0 Å². The zero-order valence-corrected chi connectivity index (χ0v) is 16.2. The zero-order chi connectivity index (χ0) is 20.2. The van der Waals surface area contributed by atoms with E-state index in [4.69, 9.17) is 30.5 Å². The lowest BCUT2D eigenvalue weighted by atomic mass is 10.1. The van der Waals surface area contributed by atoms with E-state index in [0.29, 0.717) is 12.8 Å². The Kier molecular flexibility index (Phi) is 10.4. The minimum atomic E-state index is -0.688. The summed E-state index contributed by atoms with van der Waals surface area (Å²) in [5.41, 5.74) is 0.